The van der Waals surface area contributed by atoms with Crippen molar-refractivity contribution in [3.05, 3.63) is 131 Å². The summed E-state index contributed by atoms with van der Waals surface area (Å²) in [7, 11) is 0. The first-order valence-corrected chi connectivity index (χ1v) is 12.1. The first kappa shape index (κ1) is 26.2. The number of nitrogens with zero attached hydrogens (tertiary/aromatic N) is 1. The van der Waals surface area contributed by atoms with Crippen LogP contribution in [0.4, 0.5) is 0 Å². The molecule has 0 aromatic heterocycles. The quantitative estimate of drug-likeness (QED) is 0.168. The van der Waals surface area contributed by atoms with E-state index in [2.05, 4.69) is 5.16 Å². The molecule has 0 saturated carbocycles. The van der Waals surface area contributed by atoms with Gasteiger partial charge in [-0.1, -0.05) is 78.0 Å². The van der Waals surface area contributed by atoms with Crippen LogP contribution in [0.5, 0.6) is 11.5 Å². The van der Waals surface area contributed by atoms with Crippen LogP contribution < -0.4 is 9.47 Å². The van der Waals surface area contributed by atoms with E-state index in [0.717, 1.165) is 16.7 Å². The van der Waals surface area contributed by atoms with Crippen LogP contribution in [0.25, 0.3) is 0 Å². The summed E-state index contributed by atoms with van der Waals surface area (Å²) in [6, 6.07) is 33.7. The molecular formula is C31H28N2O5. The largest absolute Gasteiger partial charge is 0.489 e. The molecule has 0 heterocycles. The molecule has 0 unspecified atom stereocenters. The number of hydrogen-bond donors (Lipinski definition) is 2. The molecule has 0 atom stereocenters. The maximum Gasteiger partial charge on any atom is 0.309 e. The molecule has 0 aliphatic heterocycles. The Morgan fingerprint density at radius 3 is 1.92 bits per heavy atom. The topological polar surface area (TPSA) is 101 Å². The van der Waals surface area contributed by atoms with E-state index >= 15 is 0 Å². The molecule has 2 N–H and O–H groups in total. The molecule has 4 rings (SSSR count). The fourth-order valence-electron chi connectivity index (χ4n) is 3.56. The summed E-state index contributed by atoms with van der Waals surface area (Å²) in [5.41, 5.74) is 4.14. The number of carbonyl (C=O) groups is 1. The molecule has 7 nitrogen and oxygen atoms in total. The van der Waals surface area contributed by atoms with Crippen LogP contribution in [0.3, 0.4) is 0 Å². The maximum absolute atomic E-state index is 11.3. The number of rotatable bonds is 13. The molecule has 4 aromatic carbocycles. The average Bonchev–Trinajstić information content (AvgIpc) is 2.96. The summed E-state index contributed by atoms with van der Waals surface area (Å²) in [5, 5.41) is 21.5. The van der Waals surface area contributed by atoms with Crippen molar-refractivity contribution in [1.82, 2.24) is 0 Å². The van der Waals surface area contributed by atoms with Crippen LogP contribution in [0.1, 0.15) is 28.7 Å². The zero-order chi connectivity index (χ0) is 26.6. The lowest BCUT2D eigenvalue weighted by Crippen LogP contribution is -2.11. The second-order valence-corrected chi connectivity index (χ2v) is 8.46. The number of oxime groups is 1. The third kappa shape index (κ3) is 8.06. The van der Waals surface area contributed by atoms with Crippen LogP contribution in [0, 0.1) is 5.41 Å². The number of ether oxygens (including phenoxy) is 2. The van der Waals surface area contributed by atoms with Gasteiger partial charge in [0.2, 0.25) is 0 Å². The van der Waals surface area contributed by atoms with Crippen LogP contribution in [-0.4, -0.2) is 29.1 Å². The highest BCUT2D eigenvalue weighted by atomic mass is 16.6. The van der Waals surface area contributed by atoms with Gasteiger partial charge in [-0.3, -0.25) is 4.79 Å². The van der Waals surface area contributed by atoms with Gasteiger partial charge in [-0.25, -0.2) is 0 Å². The minimum absolute atomic E-state index is 0.191. The Morgan fingerprint density at radius 1 is 0.684 bits per heavy atom. The fourth-order valence-corrected chi connectivity index (χ4v) is 3.56. The Balaban J connectivity index is 1.28. The summed E-state index contributed by atoms with van der Waals surface area (Å²) in [5.74, 6) is 0.334. The Morgan fingerprint density at radius 2 is 1.26 bits per heavy atom. The van der Waals surface area contributed by atoms with Gasteiger partial charge < -0.3 is 24.8 Å². The molecule has 0 aliphatic rings. The van der Waals surface area contributed by atoms with E-state index < -0.39 is 5.97 Å². The van der Waals surface area contributed by atoms with Crippen molar-refractivity contribution < 1.29 is 24.2 Å². The lowest BCUT2D eigenvalue weighted by atomic mass is 10.1. The molecule has 0 bridgehead atoms. The van der Waals surface area contributed by atoms with Crippen LogP contribution in [0.15, 0.2) is 114 Å². The van der Waals surface area contributed by atoms with Crippen molar-refractivity contribution in [3.63, 3.8) is 0 Å². The van der Waals surface area contributed by atoms with E-state index in [4.69, 9.17) is 19.7 Å². The van der Waals surface area contributed by atoms with Crippen molar-refractivity contribution in [3.8, 4) is 11.5 Å². The Kier molecular flexibility index (Phi) is 9.23. The number of aliphatic carboxylic acids is 1. The molecule has 0 fully saturated rings. The Labute approximate surface area is 221 Å². The molecule has 38 heavy (non-hydrogen) atoms. The lowest BCUT2D eigenvalue weighted by Gasteiger charge is -2.10. The monoisotopic (exact) mass is 508 g/mol. The molecule has 4 aromatic rings. The second-order valence-electron chi connectivity index (χ2n) is 8.46. The highest BCUT2D eigenvalue weighted by molar-refractivity contribution is 6.08. The average molecular weight is 509 g/mol. The van der Waals surface area contributed by atoms with Gasteiger partial charge in [0.1, 0.15) is 31.3 Å². The molecule has 0 radical (unpaired) electrons. The highest BCUT2D eigenvalue weighted by Crippen LogP contribution is 2.18. The summed E-state index contributed by atoms with van der Waals surface area (Å²) >= 11 is 0. The Bertz CT molecular complexity index is 1350. The minimum Gasteiger partial charge on any atom is -0.489 e. The van der Waals surface area contributed by atoms with Gasteiger partial charge in [-0.15, -0.1) is 0 Å². The number of carboxylic acids is 1. The molecular weight excluding hydrogens is 480 g/mol. The van der Waals surface area contributed by atoms with Gasteiger partial charge in [0.15, 0.2) is 0 Å². The van der Waals surface area contributed by atoms with Crippen molar-refractivity contribution in [2.24, 2.45) is 5.16 Å². The summed E-state index contributed by atoms with van der Waals surface area (Å²) in [4.78, 5) is 16.7. The standard InChI is InChI=1S/C31H28N2O5/c32-29(25-9-5-2-6-10-25)22-37-27-15-11-24(12-16-27)20-36-28-17-13-26(14-18-28)30(19-31(34)35)33-38-21-23-7-3-1-4-8-23/h1-18,32H,19-22H2,(H,34,35)/b32-29?,33-30-. The molecule has 192 valence electrons. The second kappa shape index (κ2) is 13.4. The van der Waals surface area contributed by atoms with Gasteiger partial charge in [-0.05, 0) is 53.1 Å². The van der Waals surface area contributed by atoms with Crippen LogP contribution in [0.2, 0.25) is 0 Å². The Hall–Kier alpha value is -4.91. The fraction of sp³-hybridized carbons (Fsp3) is 0.129. The first-order chi connectivity index (χ1) is 18.6. The SMILES string of the molecule is N=C(COc1ccc(COc2ccc(/C(CC(=O)O)=N\OCc3ccccc3)cc2)cc1)c1ccccc1. The smallest absolute Gasteiger partial charge is 0.309 e. The van der Waals surface area contributed by atoms with E-state index in [1.807, 2.05) is 84.9 Å². The number of nitrogens with one attached hydrogen (secondary N) is 1. The van der Waals surface area contributed by atoms with Gasteiger partial charge >= 0.3 is 5.97 Å². The lowest BCUT2D eigenvalue weighted by molar-refractivity contribution is -0.135. The van der Waals surface area contributed by atoms with Gasteiger partial charge in [0, 0.05) is 5.56 Å². The van der Waals surface area contributed by atoms with E-state index in [0.29, 0.717) is 35.1 Å². The summed E-state index contributed by atoms with van der Waals surface area (Å²) in [6.45, 7) is 0.803. The van der Waals surface area contributed by atoms with Crippen molar-refractivity contribution >= 4 is 17.4 Å². The van der Waals surface area contributed by atoms with Crippen molar-refractivity contribution in [1.29, 1.82) is 5.41 Å². The third-order valence-electron chi connectivity index (χ3n) is 5.59. The van der Waals surface area contributed by atoms with E-state index in [-0.39, 0.29) is 19.6 Å². The van der Waals surface area contributed by atoms with E-state index in [1.165, 1.54) is 0 Å². The third-order valence-corrected chi connectivity index (χ3v) is 5.59. The van der Waals surface area contributed by atoms with Crippen molar-refractivity contribution in [2.75, 3.05) is 6.61 Å². The van der Waals surface area contributed by atoms with Gasteiger partial charge in [-0.2, -0.15) is 0 Å². The van der Waals surface area contributed by atoms with Gasteiger partial charge in [0.25, 0.3) is 0 Å². The van der Waals surface area contributed by atoms with Gasteiger partial charge in [0.05, 0.1) is 17.8 Å². The van der Waals surface area contributed by atoms with E-state index in [1.54, 1.807) is 24.3 Å². The van der Waals surface area contributed by atoms with Crippen LogP contribution in [-0.2, 0) is 22.8 Å². The zero-order valence-corrected chi connectivity index (χ0v) is 20.7. The molecule has 0 aliphatic carbocycles. The normalized spacial score (nSPS) is 11.0. The highest BCUT2D eigenvalue weighted by Gasteiger charge is 2.11. The maximum atomic E-state index is 11.3. The molecule has 0 amide bonds. The predicted molar refractivity (Wildman–Crippen MR) is 146 cm³/mol. The summed E-state index contributed by atoms with van der Waals surface area (Å²) in [6.07, 6.45) is -0.256. The van der Waals surface area contributed by atoms with Crippen LogP contribution >= 0.6 is 0 Å². The first-order valence-electron chi connectivity index (χ1n) is 12.1. The number of carboxylic acid groups (broad SMARTS) is 1. The van der Waals surface area contributed by atoms with Crippen molar-refractivity contribution in [2.45, 2.75) is 19.6 Å². The predicted octanol–water partition coefficient (Wildman–Crippen LogP) is 6.11. The molecule has 0 saturated heterocycles. The summed E-state index contributed by atoms with van der Waals surface area (Å²) < 4.78 is 11.6. The molecule has 0 spiro atoms. The number of benzene rings is 4. The molecule has 7 heteroatoms. The number of hydrogen-bond acceptors (Lipinski definition) is 6. The van der Waals surface area contributed by atoms with E-state index in [9.17, 15) is 9.90 Å². The minimum atomic E-state index is -0.989. The zero-order valence-electron chi connectivity index (χ0n) is 20.7.